The minimum Gasteiger partial charge on any atom is -0.446 e. The first-order chi connectivity index (χ1) is 17.6. The van der Waals surface area contributed by atoms with Crippen LogP contribution in [0.2, 0.25) is 0 Å². The van der Waals surface area contributed by atoms with Gasteiger partial charge in [0.05, 0.1) is 0 Å². The number of nitrogens with one attached hydrogen (secondary N) is 2. The van der Waals surface area contributed by atoms with E-state index < -0.39 is 18.3 Å². The van der Waals surface area contributed by atoms with E-state index in [4.69, 9.17) is 9.47 Å². The van der Waals surface area contributed by atoms with Gasteiger partial charge in [-0.3, -0.25) is 0 Å². The highest BCUT2D eigenvalue weighted by atomic mass is 16.6. The lowest BCUT2D eigenvalue weighted by Crippen LogP contribution is -2.34. The summed E-state index contributed by atoms with van der Waals surface area (Å²) in [6.45, 7) is 7.77. The highest BCUT2D eigenvalue weighted by Crippen LogP contribution is 2.11. The van der Waals surface area contributed by atoms with Gasteiger partial charge >= 0.3 is 12.2 Å². The predicted octanol–water partition coefficient (Wildman–Crippen LogP) is 9.06. The van der Waals surface area contributed by atoms with Gasteiger partial charge in [0.25, 0.3) is 0 Å². The summed E-state index contributed by atoms with van der Waals surface area (Å²) in [6.07, 6.45) is 24.7. The van der Waals surface area contributed by atoms with E-state index in [-0.39, 0.29) is 6.61 Å². The second kappa shape index (κ2) is 28.1. The average Bonchev–Trinajstić information content (AvgIpc) is 2.88. The van der Waals surface area contributed by atoms with Crippen molar-refractivity contribution in [1.82, 2.24) is 10.6 Å². The maximum Gasteiger partial charge on any atom is 0.407 e. The molecule has 0 heterocycles. The van der Waals surface area contributed by atoms with Gasteiger partial charge in [0.1, 0.15) is 12.7 Å². The van der Waals surface area contributed by atoms with Crippen molar-refractivity contribution in [2.45, 2.75) is 162 Å². The molecule has 0 saturated heterocycles. The summed E-state index contributed by atoms with van der Waals surface area (Å²) in [7, 11) is 0. The molecule has 0 aromatic rings. The van der Waals surface area contributed by atoms with Crippen LogP contribution < -0.4 is 10.6 Å². The van der Waals surface area contributed by atoms with Crippen molar-refractivity contribution in [3.63, 3.8) is 0 Å². The zero-order chi connectivity index (χ0) is 26.5. The molecule has 6 nitrogen and oxygen atoms in total. The molecule has 0 rings (SSSR count). The summed E-state index contributed by atoms with van der Waals surface area (Å²) >= 11 is 0. The van der Waals surface area contributed by atoms with Crippen LogP contribution >= 0.6 is 0 Å². The molecule has 1 unspecified atom stereocenters. The lowest BCUT2D eigenvalue weighted by atomic mass is 10.1. The molecule has 0 bridgehead atoms. The molecular formula is C30H60N2O4. The summed E-state index contributed by atoms with van der Waals surface area (Å²) in [5.74, 6) is 0. The van der Waals surface area contributed by atoms with Crippen molar-refractivity contribution in [2.24, 2.45) is 0 Å². The van der Waals surface area contributed by atoms with E-state index in [0.29, 0.717) is 19.5 Å². The molecule has 0 aromatic heterocycles. The van der Waals surface area contributed by atoms with Gasteiger partial charge in [-0.15, -0.1) is 0 Å². The summed E-state index contributed by atoms with van der Waals surface area (Å²) in [5.41, 5.74) is 0. The number of rotatable bonds is 26. The smallest absolute Gasteiger partial charge is 0.407 e. The molecule has 0 fully saturated rings. The highest BCUT2D eigenvalue weighted by Gasteiger charge is 2.14. The molecular weight excluding hydrogens is 452 g/mol. The van der Waals surface area contributed by atoms with Crippen LogP contribution in [0.15, 0.2) is 0 Å². The first-order valence-electron chi connectivity index (χ1n) is 15.5. The Bertz CT molecular complexity index is 488. The van der Waals surface area contributed by atoms with E-state index in [9.17, 15) is 9.59 Å². The Hall–Kier alpha value is -1.46. The fourth-order valence-electron chi connectivity index (χ4n) is 4.25. The zero-order valence-electron chi connectivity index (χ0n) is 24.2. The van der Waals surface area contributed by atoms with Gasteiger partial charge in [-0.25, -0.2) is 9.59 Å². The molecule has 0 radical (unpaired) electrons. The number of ether oxygens (including phenoxy) is 2. The maximum absolute atomic E-state index is 12.0. The Kier molecular flexibility index (Phi) is 27.0. The number of hydrogen-bond acceptors (Lipinski definition) is 4. The topological polar surface area (TPSA) is 76.7 Å². The van der Waals surface area contributed by atoms with Crippen LogP contribution in [0, 0.1) is 0 Å². The van der Waals surface area contributed by atoms with Gasteiger partial charge in [0.2, 0.25) is 0 Å². The highest BCUT2D eigenvalue weighted by molar-refractivity contribution is 5.68. The second-order valence-electron chi connectivity index (χ2n) is 10.3. The molecule has 0 aliphatic rings. The van der Waals surface area contributed by atoms with Gasteiger partial charge in [-0.2, -0.15) is 0 Å². The first-order valence-corrected chi connectivity index (χ1v) is 15.5. The molecule has 36 heavy (non-hydrogen) atoms. The lowest BCUT2D eigenvalue weighted by Gasteiger charge is -2.17. The normalized spacial score (nSPS) is 11.8. The van der Waals surface area contributed by atoms with E-state index in [1.807, 2.05) is 6.92 Å². The van der Waals surface area contributed by atoms with Gasteiger partial charge in [0.15, 0.2) is 0 Å². The molecule has 0 spiro atoms. The standard InChI is InChI=1S/C30H60N2O4/c1-4-7-9-11-13-15-17-19-21-23-25-31-29(33)35-27-28(6-3)36-30(34)32-26-24-22-20-18-16-14-12-10-8-5-2/h28H,4-27H2,1-3H3,(H,31,33)(H,32,34). The number of unbranched alkanes of at least 4 members (excludes halogenated alkanes) is 18. The van der Waals surface area contributed by atoms with Crippen LogP contribution in [0.25, 0.3) is 0 Å². The van der Waals surface area contributed by atoms with Crippen LogP contribution in [-0.4, -0.2) is 38.0 Å². The molecule has 0 aliphatic heterocycles. The van der Waals surface area contributed by atoms with E-state index in [1.165, 1.54) is 103 Å². The van der Waals surface area contributed by atoms with Crippen LogP contribution in [0.5, 0.6) is 0 Å². The van der Waals surface area contributed by atoms with Crippen molar-refractivity contribution in [2.75, 3.05) is 19.7 Å². The number of hydrogen-bond donors (Lipinski definition) is 2. The van der Waals surface area contributed by atoms with Crippen LogP contribution in [0.1, 0.15) is 156 Å². The zero-order valence-corrected chi connectivity index (χ0v) is 24.2. The maximum atomic E-state index is 12.0. The summed E-state index contributed by atoms with van der Waals surface area (Å²) in [4.78, 5) is 23.9. The van der Waals surface area contributed by atoms with Gasteiger partial charge < -0.3 is 20.1 Å². The van der Waals surface area contributed by atoms with E-state index in [2.05, 4.69) is 24.5 Å². The second-order valence-corrected chi connectivity index (χ2v) is 10.3. The van der Waals surface area contributed by atoms with Crippen LogP contribution in [-0.2, 0) is 9.47 Å². The number of alkyl carbamates (subject to hydrolysis) is 2. The van der Waals surface area contributed by atoms with Crippen molar-refractivity contribution in [1.29, 1.82) is 0 Å². The molecule has 1 atom stereocenters. The Balaban J connectivity index is 3.57. The van der Waals surface area contributed by atoms with Gasteiger partial charge in [-0.1, -0.05) is 136 Å². The Morgan fingerprint density at radius 1 is 0.528 bits per heavy atom. The Morgan fingerprint density at radius 3 is 1.28 bits per heavy atom. The molecule has 0 aromatic carbocycles. The molecule has 2 N–H and O–H groups in total. The third kappa shape index (κ3) is 25.6. The minimum absolute atomic E-state index is 0.0893. The molecule has 0 aliphatic carbocycles. The number of carbonyl (C=O) groups is 2. The third-order valence-corrected chi connectivity index (χ3v) is 6.73. The molecule has 0 saturated carbocycles. The SMILES string of the molecule is CCCCCCCCCCCCNC(=O)OCC(CC)OC(=O)NCCCCCCCCCCCC. The average molecular weight is 513 g/mol. The Morgan fingerprint density at radius 2 is 0.889 bits per heavy atom. The minimum atomic E-state index is -0.432. The van der Waals surface area contributed by atoms with Gasteiger partial charge in [0, 0.05) is 13.1 Å². The fourth-order valence-corrected chi connectivity index (χ4v) is 4.25. The lowest BCUT2D eigenvalue weighted by molar-refractivity contribution is 0.0424. The van der Waals surface area contributed by atoms with Gasteiger partial charge in [-0.05, 0) is 19.3 Å². The summed E-state index contributed by atoms with van der Waals surface area (Å²) < 4.78 is 10.6. The number of carbonyl (C=O) groups excluding carboxylic acids is 2. The van der Waals surface area contributed by atoms with Crippen molar-refractivity contribution < 1.29 is 19.1 Å². The van der Waals surface area contributed by atoms with Crippen molar-refractivity contribution >= 4 is 12.2 Å². The third-order valence-electron chi connectivity index (χ3n) is 6.73. The van der Waals surface area contributed by atoms with E-state index in [1.54, 1.807) is 0 Å². The quantitative estimate of drug-likeness (QED) is 0.113. The molecule has 2 amide bonds. The summed E-state index contributed by atoms with van der Waals surface area (Å²) in [6, 6.07) is 0. The first kappa shape index (κ1) is 34.5. The van der Waals surface area contributed by atoms with Crippen LogP contribution in [0.4, 0.5) is 9.59 Å². The largest absolute Gasteiger partial charge is 0.446 e. The molecule has 6 heteroatoms. The van der Waals surface area contributed by atoms with Crippen molar-refractivity contribution in [3.05, 3.63) is 0 Å². The molecule has 214 valence electrons. The van der Waals surface area contributed by atoms with E-state index in [0.717, 1.165) is 25.7 Å². The fraction of sp³-hybridized carbons (Fsp3) is 0.933. The van der Waals surface area contributed by atoms with Crippen LogP contribution in [0.3, 0.4) is 0 Å². The van der Waals surface area contributed by atoms with E-state index >= 15 is 0 Å². The predicted molar refractivity (Wildman–Crippen MR) is 152 cm³/mol. The monoisotopic (exact) mass is 512 g/mol. The van der Waals surface area contributed by atoms with Crippen molar-refractivity contribution in [3.8, 4) is 0 Å². The number of amides is 2. The summed E-state index contributed by atoms with van der Waals surface area (Å²) in [5, 5.41) is 5.62. The Labute approximate surface area is 223 Å².